The van der Waals surface area contributed by atoms with Crippen LogP contribution in [-0.2, 0) is 5.41 Å². The van der Waals surface area contributed by atoms with E-state index in [2.05, 4.69) is 13.0 Å². The van der Waals surface area contributed by atoms with Crippen molar-refractivity contribution in [3.8, 4) is 5.75 Å². The fourth-order valence-electron chi connectivity index (χ4n) is 2.74. The first-order chi connectivity index (χ1) is 8.19. The van der Waals surface area contributed by atoms with Crippen LogP contribution in [0.4, 0.5) is 0 Å². The fourth-order valence-corrected chi connectivity index (χ4v) is 2.74. The van der Waals surface area contributed by atoms with E-state index in [1.54, 1.807) is 13.4 Å². The molecule has 1 aliphatic carbocycles. The molecule has 1 aliphatic rings. The lowest BCUT2D eigenvalue weighted by molar-refractivity contribution is 0.410. The molecule has 1 fully saturated rings. The largest absolute Gasteiger partial charge is 0.493 e. The third-order valence-electron chi connectivity index (χ3n) is 4.00. The summed E-state index contributed by atoms with van der Waals surface area (Å²) in [5.74, 6) is 0.786. The van der Waals surface area contributed by atoms with Gasteiger partial charge in [-0.05, 0) is 37.5 Å². The highest BCUT2D eigenvalue weighted by atomic mass is 16.5. The van der Waals surface area contributed by atoms with E-state index in [0.29, 0.717) is 0 Å². The van der Waals surface area contributed by atoms with Crippen molar-refractivity contribution in [2.24, 2.45) is 5.73 Å². The Labute approximate surface area is 101 Å². The zero-order chi connectivity index (χ0) is 12.0. The molecule has 0 saturated heterocycles. The van der Waals surface area contributed by atoms with Crippen LogP contribution in [0.5, 0.6) is 5.75 Å². The molecule has 0 spiro atoms. The van der Waals surface area contributed by atoms with Crippen molar-refractivity contribution in [3.05, 3.63) is 30.0 Å². The summed E-state index contributed by atoms with van der Waals surface area (Å²) in [6, 6.07) is 6.29. The molecule has 0 radical (unpaired) electrons. The number of hydrogen-bond acceptors (Lipinski definition) is 3. The van der Waals surface area contributed by atoms with Crippen LogP contribution in [0.3, 0.4) is 0 Å². The van der Waals surface area contributed by atoms with Crippen molar-refractivity contribution < 1.29 is 9.15 Å². The van der Waals surface area contributed by atoms with Crippen LogP contribution in [-0.4, -0.2) is 13.2 Å². The second-order valence-electron chi connectivity index (χ2n) is 4.92. The highest BCUT2D eigenvalue weighted by Crippen LogP contribution is 2.53. The standard InChI is InChI=1S/C14H17NO2/c1-9(15)14(6-7-14)11-3-4-12(16-2)13-10(11)5-8-17-13/h3-5,8-9H,6-7,15H2,1-2H3. The van der Waals surface area contributed by atoms with Gasteiger partial charge in [-0.1, -0.05) is 6.07 Å². The first-order valence-corrected chi connectivity index (χ1v) is 5.99. The van der Waals surface area contributed by atoms with Crippen LogP contribution >= 0.6 is 0 Å². The van der Waals surface area contributed by atoms with Crippen molar-refractivity contribution in [2.45, 2.75) is 31.2 Å². The first-order valence-electron chi connectivity index (χ1n) is 5.99. The van der Waals surface area contributed by atoms with Gasteiger partial charge in [-0.2, -0.15) is 0 Å². The summed E-state index contributed by atoms with van der Waals surface area (Å²) >= 11 is 0. The van der Waals surface area contributed by atoms with Gasteiger partial charge < -0.3 is 14.9 Å². The van der Waals surface area contributed by atoms with Crippen LogP contribution < -0.4 is 10.5 Å². The van der Waals surface area contributed by atoms with Gasteiger partial charge in [-0.3, -0.25) is 0 Å². The number of benzene rings is 1. The lowest BCUT2D eigenvalue weighted by Gasteiger charge is -2.21. The van der Waals surface area contributed by atoms with Gasteiger partial charge in [0.25, 0.3) is 0 Å². The van der Waals surface area contributed by atoms with E-state index in [4.69, 9.17) is 14.9 Å². The molecule has 3 rings (SSSR count). The zero-order valence-electron chi connectivity index (χ0n) is 10.2. The smallest absolute Gasteiger partial charge is 0.175 e. The van der Waals surface area contributed by atoms with Crippen molar-refractivity contribution >= 4 is 11.0 Å². The molecular formula is C14H17NO2. The number of methoxy groups -OCH3 is 1. The van der Waals surface area contributed by atoms with E-state index in [1.165, 1.54) is 5.56 Å². The van der Waals surface area contributed by atoms with Crippen LogP contribution in [0.15, 0.2) is 28.9 Å². The Bertz CT molecular complexity index is 552. The van der Waals surface area contributed by atoms with Gasteiger partial charge in [0, 0.05) is 16.8 Å². The molecular weight excluding hydrogens is 214 g/mol. The molecule has 17 heavy (non-hydrogen) atoms. The first kappa shape index (κ1) is 10.7. The van der Waals surface area contributed by atoms with E-state index in [9.17, 15) is 0 Å². The molecule has 3 nitrogen and oxygen atoms in total. The summed E-state index contributed by atoms with van der Waals surface area (Å²) in [7, 11) is 1.66. The van der Waals surface area contributed by atoms with Crippen LogP contribution in [0.25, 0.3) is 11.0 Å². The number of nitrogens with two attached hydrogens (primary N) is 1. The maximum absolute atomic E-state index is 6.13. The summed E-state index contributed by atoms with van der Waals surface area (Å²) in [6.45, 7) is 2.09. The molecule has 3 heteroatoms. The molecule has 1 aromatic heterocycles. The zero-order valence-corrected chi connectivity index (χ0v) is 10.2. The monoisotopic (exact) mass is 231 g/mol. The van der Waals surface area contributed by atoms with E-state index in [0.717, 1.165) is 29.6 Å². The second kappa shape index (κ2) is 3.50. The Morgan fingerprint density at radius 2 is 2.12 bits per heavy atom. The number of fused-ring (bicyclic) bond motifs is 1. The van der Waals surface area contributed by atoms with Gasteiger partial charge >= 0.3 is 0 Å². The van der Waals surface area contributed by atoms with Gasteiger partial charge in [0.1, 0.15) is 0 Å². The average molecular weight is 231 g/mol. The van der Waals surface area contributed by atoms with Gasteiger partial charge in [-0.15, -0.1) is 0 Å². The van der Waals surface area contributed by atoms with Crippen molar-refractivity contribution in [1.82, 2.24) is 0 Å². The lowest BCUT2D eigenvalue weighted by atomic mass is 9.87. The van der Waals surface area contributed by atoms with Crippen LogP contribution in [0.2, 0.25) is 0 Å². The molecule has 1 unspecified atom stereocenters. The Kier molecular flexibility index (Phi) is 2.20. The van der Waals surface area contributed by atoms with Gasteiger partial charge in [-0.25, -0.2) is 0 Å². The summed E-state index contributed by atoms with van der Waals surface area (Å²) in [5, 5.41) is 1.14. The van der Waals surface area contributed by atoms with Crippen molar-refractivity contribution in [2.75, 3.05) is 7.11 Å². The summed E-state index contributed by atoms with van der Waals surface area (Å²) in [4.78, 5) is 0. The third-order valence-corrected chi connectivity index (χ3v) is 4.00. The topological polar surface area (TPSA) is 48.4 Å². The van der Waals surface area contributed by atoms with Gasteiger partial charge in [0.05, 0.1) is 13.4 Å². The molecule has 0 bridgehead atoms. The van der Waals surface area contributed by atoms with Crippen LogP contribution in [0, 0.1) is 0 Å². The fraction of sp³-hybridized carbons (Fsp3) is 0.429. The molecule has 2 N–H and O–H groups in total. The highest BCUT2D eigenvalue weighted by Gasteiger charge is 2.48. The summed E-state index contributed by atoms with van der Waals surface area (Å²) < 4.78 is 10.8. The SMILES string of the molecule is COc1ccc(C2(C(C)N)CC2)c2ccoc12. The molecule has 1 atom stereocenters. The predicted octanol–water partition coefficient (Wildman–Crippen LogP) is 2.82. The van der Waals surface area contributed by atoms with E-state index in [1.807, 2.05) is 12.1 Å². The van der Waals surface area contributed by atoms with E-state index in [-0.39, 0.29) is 11.5 Å². The average Bonchev–Trinajstić information content (AvgIpc) is 2.99. The second-order valence-corrected chi connectivity index (χ2v) is 4.92. The van der Waals surface area contributed by atoms with Crippen molar-refractivity contribution in [1.29, 1.82) is 0 Å². The quantitative estimate of drug-likeness (QED) is 0.883. The number of hydrogen-bond donors (Lipinski definition) is 1. The Balaban J connectivity index is 2.22. The Morgan fingerprint density at radius 1 is 1.35 bits per heavy atom. The Morgan fingerprint density at radius 3 is 2.71 bits per heavy atom. The Hall–Kier alpha value is -1.48. The maximum atomic E-state index is 6.13. The van der Waals surface area contributed by atoms with Gasteiger partial charge in [0.2, 0.25) is 0 Å². The minimum Gasteiger partial charge on any atom is -0.493 e. The molecule has 1 aromatic carbocycles. The predicted molar refractivity (Wildman–Crippen MR) is 67.3 cm³/mol. The summed E-state index contributed by atoms with van der Waals surface area (Å²) in [6.07, 6.45) is 4.04. The van der Waals surface area contributed by atoms with Crippen molar-refractivity contribution in [3.63, 3.8) is 0 Å². The maximum Gasteiger partial charge on any atom is 0.175 e. The van der Waals surface area contributed by atoms with Crippen LogP contribution in [0.1, 0.15) is 25.3 Å². The third kappa shape index (κ3) is 1.39. The molecule has 1 saturated carbocycles. The highest BCUT2D eigenvalue weighted by molar-refractivity contribution is 5.87. The normalized spacial score (nSPS) is 19.2. The molecule has 0 amide bonds. The molecule has 2 aromatic rings. The minimum atomic E-state index is 0.147. The minimum absolute atomic E-state index is 0.147. The molecule has 90 valence electrons. The number of furan rings is 1. The number of ether oxygens (including phenoxy) is 1. The molecule has 1 heterocycles. The number of rotatable bonds is 3. The lowest BCUT2D eigenvalue weighted by Crippen LogP contribution is -2.31. The summed E-state index contributed by atoms with van der Waals surface area (Å²) in [5.41, 5.74) is 8.41. The molecule has 0 aliphatic heterocycles. The van der Waals surface area contributed by atoms with Gasteiger partial charge in [0.15, 0.2) is 11.3 Å². The van der Waals surface area contributed by atoms with E-state index < -0.39 is 0 Å². The van der Waals surface area contributed by atoms with E-state index >= 15 is 0 Å².